The highest BCUT2D eigenvalue weighted by Gasteiger charge is 2.14. The Hall–Kier alpha value is -2.36. The molecule has 1 heterocycles. The van der Waals surface area contributed by atoms with Crippen molar-refractivity contribution in [3.8, 4) is 5.75 Å². The number of amides is 1. The van der Waals surface area contributed by atoms with E-state index in [1.165, 1.54) is 29.5 Å². The fourth-order valence-electron chi connectivity index (χ4n) is 2.20. The van der Waals surface area contributed by atoms with Gasteiger partial charge in [-0.05, 0) is 36.4 Å². The molecule has 0 radical (unpaired) electrons. The first-order valence-corrected chi connectivity index (χ1v) is 10.4. The molecule has 1 amide bonds. The predicted molar refractivity (Wildman–Crippen MR) is 104 cm³/mol. The SMILES string of the molecule is COc1ccc2nc(NC(=O)c3ccc(Cl)c(NS(C)(=O)=O)c3)sc2c1. The highest BCUT2D eigenvalue weighted by molar-refractivity contribution is 7.92. The standard InChI is InChI=1S/C16H14ClN3O4S2/c1-24-10-4-6-12-14(8-10)25-16(18-12)19-15(21)9-3-5-11(17)13(7-9)20-26(2,22)23/h3-8,20H,1-2H3,(H,18,19,21). The number of aromatic nitrogens is 1. The first-order valence-electron chi connectivity index (χ1n) is 7.28. The summed E-state index contributed by atoms with van der Waals surface area (Å²) in [7, 11) is -1.94. The zero-order valence-corrected chi connectivity index (χ0v) is 16.1. The molecule has 2 aromatic carbocycles. The number of methoxy groups -OCH3 is 1. The van der Waals surface area contributed by atoms with Gasteiger partial charge in [0.2, 0.25) is 10.0 Å². The molecule has 0 spiro atoms. The van der Waals surface area contributed by atoms with Crippen molar-refractivity contribution >= 4 is 59.9 Å². The lowest BCUT2D eigenvalue weighted by Gasteiger charge is -2.08. The van der Waals surface area contributed by atoms with Crippen LogP contribution in [0.4, 0.5) is 10.8 Å². The maximum atomic E-state index is 12.5. The molecule has 7 nitrogen and oxygen atoms in total. The molecule has 0 bridgehead atoms. The zero-order chi connectivity index (χ0) is 18.9. The molecule has 0 atom stereocenters. The Morgan fingerprint density at radius 2 is 2.00 bits per heavy atom. The van der Waals surface area contributed by atoms with E-state index in [1.807, 2.05) is 6.07 Å². The molecule has 0 aliphatic rings. The van der Waals surface area contributed by atoms with E-state index in [0.717, 1.165) is 16.5 Å². The number of hydrogen-bond acceptors (Lipinski definition) is 6. The molecule has 0 unspecified atom stereocenters. The van der Waals surface area contributed by atoms with Crippen LogP contribution < -0.4 is 14.8 Å². The van der Waals surface area contributed by atoms with Crippen molar-refractivity contribution in [3.05, 3.63) is 47.0 Å². The number of anilines is 2. The molecule has 1 aromatic heterocycles. The molecule has 0 fully saturated rings. The summed E-state index contributed by atoms with van der Waals surface area (Å²) in [6, 6.07) is 9.75. The Morgan fingerprint density at radius 1 is 1.23 bits per heavy atom. The van der Waals surface area contributed by atoms with E-state index < -0.39 is 15.9 Å². The van der Waals surface area contributed by atoms with Crippen LogP contribution >= 0.6 is 22.9 Å². The van der Waals surface area contributed by atoms with Gasteiger partial charge in [0.05, 0.1) is 34.3 Å². The Balaban J connectivity index is 1.85. The van der Waals surface area contributed by atoms with Gasteiger partial charge >= 0.3 is 0 Å². The quantitative estimate of drug-likeness (QED) is 0.668. The lowest BCUT2D eigenvalue weighted by molar-refractivity contribution is 0.102. The number of hydrogen-bond donors (Lipinski definition) is 2. The minimum absolute atomic E-state index is 0.135. The van der Waals surface area contributed by atoms with Crippen molar-refractivity contribution < 1.29 is 17.9 Å². The van der Waals surface area contributed by atoms with Gasteiger partial charge in [0, 0.05) is 5.56 Å². The van der Waals surface area contributed by atoms with E-state index in [0.29, 0.717) is 10.9 Å². The average molecular weight is 412 g/mol. The summed E-state index contributed by atoms with van der Waals surface area (Å²) in [6.45, 7) is 0. The van der Waals surface area contributed by atoms with Gasteiger partial charge in [0.25, 0.3) is 5.91 Å². The van der Waals surface area contributed by atoms with Crippen LogP contribution in [0.2, 0.25) is 5.02 Å². The van der Waals surface area contributed by atoms with E-state index in [1.54, 1.807) is 19.2 Å². The third kappa shape index (κ3) is 4.24. The van der Waals surface area contributed by atoms with Crippen molar-refractivity contribution in [3.63, 3.8) is 0 Å². The topological polar surface area (TPSA) is 97.4 Å². The predicted octanol–water partition coefficient (Wildman–Crippen LogP) is 3.58. The number of fused-ring (bicyclic) bond motifs is 1. The Labute approximate surface area is 159 Å². The van der Waals surface area contributed by atoms with Gasteiger partial charge in [-0.15, -0.1) is 0 Å². The summed E-state index contributed by atoms with van der Waals surface area (Å²) < 4.78 is 31.1. The van der Waals surface area contributed by atoms with Crippen LogP contribution in [0.3, 0.4) is 0 Å². The second-order valence-electron chi connectivity index (χ2n) is 5.38. The van der Waals surface area contributed by atoms with Crippen molar-refractivity contribution in [2.75, 3.05) is 23.4 Å². The van der Waals surface area contributed by atoms with Gasteiger partial charge in [-0.2, -0.15) is 0 Å². The van der Waals surface area contributed by atoms with Gasteiger partial charge in [0.15, 0.2) is 5.13 Å². The molecular formula is C16H14ClN3O4S2. The van der Waals surface area contributed by atoms with Gasteiger partial charge in [0.1, 0.15) is 5.75 Å². The fourth-order valence-corrected chi connectivity index (χ4v) is 3.88. The van der Waals surface area contributed by atoms with Crippen LogP contribution in [-0.2, 0) is 10.0 Å². The maximum absolute atomic E-state index is 12.5. The average Bonchev–Trinajstić information content (AvgIpc) is 2.96. The van der Waals surface area contributed by atoms with Crippen molar-refractivity contribution in [1.82, 2.24) is 4.98 Å². The van der Waals surface area contributed by atoms with Crippen LogP contribution in [-0.4, -0.2) is 32.7 Å². The molecule has 0 aliphatic carbocycles. The zero-order valence-electron chi connectivity index (χ0n) is 13.7. The van der Waals surface area contributed by atoms with Crippen LogP contribution in [0.5, 0.6) is 5.75 Å². The van der Waals surface area contributed by atoms with E-state index in [-0.39, 0.29) is 16.3 Å². The molecule has 0 aliphatic heterocycles. The van der Waals surface area contributed by atoms with Crippen molar-refractivity contribution in [1.29, 1.82) is 0 Å². The Morgan fingerprint density at radius 3 is 2.69 bits per heavy atom. The summed E-state index contributed by atoms with van der Waals surface area (Å²) in [6.07, 6.45) is 1.01. The smallest absolute Gasteiger partial charge is 0.257 e. The lowest BCUT2D eigenvalue weighted by atomic mass is 10.2. The third-order valence-corrected chi connectivity index (χ3v) is 5.19. The largest absolute Gasteiger partial charge is 0.497 e. The number of thiazole rings is 1. The van der Waals surface area contributed by atoms with Gasteiger partial charge in [-0.3, -0.25) is 14.8 Å². The fraction of sp³-hybridized carbons (Fsp3) is 0.125. The van der Waals surface area contributed by atoms with Crippen LogP contribution in [0.15, 0.2) is 36.4 Å². The second kappa shape index (κ2) is 7.10. The Kier molecular flexibility index (Phi) is 5.03. The number of rotatable bonds is 5. The van der Waals surface area contributed by atoms with E-state index in [9.17, 15) is 13.2 Å². The van der Waals surface area contributed by atoms with Gasteiger partial charge in [-0.25, -0.2) is 13.4 Å². The number of carbonyl (C=O) groups excluding carboxylic acids is 1. The molecule has 26 heavy (non-hydrogen) atoms. The van der Waals surface area contributed by atoms with E-state index in [2.05, 4.69) is 15.0 Å². The molecular weight excluding hydrogens is 398 g/mol. The number of carbonyl (C=O) groups is 1. The number of ether oxygens (including phenoxy) is 1. The molecule has 0 saturated heterocycles. The second-order valence-corrected chi connectivity index (χ2v) is 8.56. The summed E-state index contributed by atoms with van der Waals surface area (Å²) in [5.41, 5.74) is 1.12. The summed E-state index contributed by atoms with van der Waals surface area (Å²) >= 11 is 7.27. The highest BCUT2D eigenvalue weighted by atomic mass is 35.5. The van der Waals surface area contributed by atoms with Gasteiger partial charge < -0.3 is 4.74 Å². The van der Waals surface area contributed by atoms with Crippen molar-refractivity contribution in [2.45, 2.75) is 0 Å². The first kappa shape index (κ1) is 18.4. The normalized spacial score (nSPS) is 11.3. The molecule has 2 N–H and O–H groups in total. The first-order chi connectivity index (χ1) is 12.2. The van der Waals surface area contributed by atoms with Crippen LogP contribution in [0.25, 0.3) is 10.2 Å². The van der Waals surface area contributed by atoms with E-state index >= 15 is 0 Å². The van der Waals surface area contributed by atoms with E-state index in [4.69, 9.17) is 16.3 Å². The number of nitrogens with one attached hydrogen (secondary N) is 2. The molecule has 0 saturated carbocycles. The number of halogens is 1. The summed E-state index contributed by atoms with van der Waals surface area (Å²) in [5.74, 6) is 0.275. The number of benzene rings is 2. The minimum Gasteiger partial charge on any atom is -0.497 e. The van der Waals surface area contributed by atoms with Gasteiger partial charge in [-0.1, -0.05) is 22.9 Å². The summed E-state index contributed by atoms with van der Waals surface area (Å²) in [4.78, 5) is 16.8. The monoisotopic (exact) mass is 411 g/mol. The van der Waals surface area contributed by atoms with Crippen LogP contribution in [0, 0.1) is 0 Å². The minimum atomic E-state index is -3.51. The third-order valence-electron chi connectivity index (χ3n) is 3.34. The molecule has 3 rings (SSSR count). The number of nitrogens with zero attached hydrogens (tertiary/aromatic N) is 1. The van der Waals surface area contributed by atoms with Crippen LogP contribution in [0.1, 0.15) is 10.4 Å². The van der Waals surface area contributed by atoms with Crippen molar-refractivity contribution in [2.24, 2.45) is 0 Å². The highest BCUT2D eigenvalue weighted by Crippen LogP contribution is 2.30. The molecule has 3 aromatic rings. The molecule has 10 heteroatoms. The Bertz CT molecular complexity index is 1100. The lowest BCUT2D eigenvalue weighted by Crippen LogP contribution is -2.14. The summed E-state index contributed by atoms with van der Waals surface area (Å²) in [5, 5.41) is 3.32. The number of sulfonamides is 1. The maximum Gasteiger partial charge on any atom is 0.257 e. The molecule has 136 valence electrons.